The van der Waals surface area contributed by atoms with Crippen molar-refractivity contribution in [2.24, 2.45) is 10.2 Å². The molecule has 28 heavy (non-hydrogen) atoms. The molecular formula is C20H14N6O2. The van der Waals surface area contributed by atoms with Crippen molar-refractivity contribution >= 4 is 11.4 Å². The van der Waals surface area contributed by atoms with Crippen molar-refractivity contribution in [3.63, 3.8) is 0 Å². The third-order valence-corrected chi connectivity index (χ3v) is 3.81. The molecule has 0 bridgehead atoms. The maximum atomic E-state index is 9.33. The van der Waals surface area contributed by atoms with Gasteiger partial charge in [-0.3, -0.25) is 0 Å². The van der Waals surface area contributed by atoms with E-state index in [1.807, 2.05) is 0 Å². The van der Waals surface area contributed by atoms with E-state index in [9.17, 15) is 10.2 Å². The predicted octanol–water partition coefficient (Wildman–Crippen LogP) is 4.43. The number of phenols is 2. The van der Waals surface area contributed by atoms with E-state index in [-0.39, 0.29) is 11.5 Å². The largest absolute Gasteiger partial charge is 0.508 e. The van der Waals surface area contributed by atoms with Crippen LogP contribution < -0.4 is 0 Å². The third kappa shape index (κ3) is 3.96. The lowest BCUT2D eigenvalue weighted by Crippen LogP contribution is -1.87. The molecule has 0 spiro atoms. The van der Waals surface area contributed by atoms with Crippen LogP contribution in [0, 0.1) is 0 Å². The highest BCUT2D eigenvalue weighted by Gasteiger charge is 2.03. The quantitative estimate of drug-likeness (QED) is 0.513. The second-order valence-electron chi connectivity index (χ2n) is 5.82. The van der Waals surface area contributed by atoms with Crippen LogP contribution in [0.5, 0.6) is 11.5 Å². The summed E-state index contributed by atoms with van der Waals surface area (Å²) in [6, 6.07) is 13.2. The Labute approximate surface area is 160 Å². The van der Waals surface area contributed by atoms with Crippen molar-refractivity contribution < 1.29 is 10.2 Å². The molecule has 2 aromatic heterocycles. The molecule has 8 heteroatoms. The first-order valence-corrected chi connectivity index (χ1v) is 8.32. The Morgan fingerprint density at radius 3 is 1.14 bits per heavy atom. The van der Waals surface area contributed by atoms with E-state index < -0.39 is 0 Å². The summed E-state index contributed by atoms with van der Waals surface area (Å²) in [5, 5.41) is 26.8. The molecular weight excluding hydrogens is 356 g/mol. The molecule has 0 aliphatic rings. The highest BCUT2D eigenvalue weighted by Crippen LogP contribution is 2.22. The standard InChI is InChI=1S/C20H14N6O2/c27-17-5-1-13(2-6-17)19-21-9-15(10-22-19)25-26-16-11-23-20(24-12-16)14-3-7-18(28)8-4-14/h1-12,27-28H. The summed E-state index contributed by atoms with van der Waals surface area (Å²) in [5.41, 5.74) is 2.56. The topological polar surface area (TPSA) is 117 Å². The van der Waals surface area contributed by atoms with Crippen LogP contribution in [-0.2, 0) is 0 Å². The monoisotopic (exact) mass is 370 g/mol. The first-order valence-electron chi connectivity index (χ1n) is 8.32. The fourth-order valence-corrected chi connectivity index (χ4v) is 2.38. The molecule has 4 aromatic rings. The summed E-state index contributed by atoms with van der Waals surface area (Å²) in [4.78, 5) is 17.0. The van der Waals surface area contributed by atoms with Crippen LogP contribution >= 0.6 is 0 Å². The average Bonchev–Trinajstić information content (AvgIpc) is 2.74. The molecule has 0 aliphatic carbocycles. The fraction of sp³-hybridized carbons (Fsp3) is 0. The van der Waals surface area contributed by atoms with Gasteiger partial charge in [0.25, 0.3) is 0 Å². The van der Waals surface area contributed by atoms with Gasteiger partial charge in [-0.05, 0) is 48.5 Å². The SMILES string of the molecule is Oc1ccc(-c2ncc(N=Nc3cnc(-c4ccc(O)cc4)nc3)cn2)cc1. The van der Waals surface area contributed by atoms with Crippen molar-refractivity contribution in [1.29, 1.82) is 0 Å². The summed E-state index contributed by atoms with van der Waals surface area (Å²) < 4.78 is 0. The van der Waals surface area contributed by atoms with E-state index in [4.69, 9.17) is 0 Å². The van der Waals surface area contributed by atoms with Crippen molar-refractivity contribution in [2.75, 3.05) is 0 Å². The molecule has 2 heterocycles. The summed E-state index contributed by atoms with van der Waals surface area (Å²) in [6.45, 7) is 0. The molecule has 136 valence electrons. The molecule has 8 nitrogen and oxygen atoms in total. The molecule has 0 saturated carbocycles. The Balaban J connectivity index is 1.46. The number of hydrogen-bond acceptors (Lipinski definition) is 8. The zero-order valence-corrected chi connectivity index (χ0v) is 14.5. The van der Waals surface area contributed by atoms with Gasteiger partial charge in [-0.25, -0.2) is 19.9 Å². The van der Waals surface area contributed by atoms with Crippen LogP contribution in [0.2, 0.25) is 0 Å². The second kappa shape index (κ2) is 7.58. The van der Waals surface area contributed by atoms with E-state index in [0.29, 0.717) is 23.0 Å². The summed E-state index contributed by atoms with van der Waals surface area (Å²) >= 11 is 0. The number of phenolic OH excluding ortho intramolecular Hbond substituents is 2. The summed E-state index contributed by atoms with van der Waals surface area (Å²) in [7, 11) is 0. The zero-order chi connectivity index (χ0) is 19.3. The molecule has 0 saturated heterocycles. The number of aromatic nitrogens is 4. The molecule has 0 fully saturated rings. The normalized spacial score (nSPS) is 11.0. The van der Waals surface area contributed by atoms with Gasteiger partial charge < -0.3 is 10.2 Å². The Morgan fingerprint density at radius 1 is 0.500 bits per heavy atom. The van der Waals surface area contributed by atoms with Gasteiger partial charge >= 0.3 is 0 Å². The first kappa shape index (κ1) is 17.2. The lowest BCUT2D eigenvalue weighted by molar-refractivity contribution is 0.475. The Kier molecular flexibility index (Phi) is 4.67. The molecule has 2 N–H and O–H groups in total. The van der Waals surface area contributed by atoms with Crippen LogP contribution in [0.3, 0.4) is 0 Å². The zero-order valence-electron chi connectivity index (χ0n) is 14.5. The van der Waals surface area contributed by atoms with Crippen LogP contribution in [0.4, 0.5) is 11.4 Å². The molecule has 0 atom stereocenters. The first-order chi connectivity index (χ1) is 13.7. The second-order valence-corrected chi connectivity index (χ2v) is 5.82. The van der Waals surface area contributed by atoms with Gasteiger partial charge in [0.1, 0.15) is 22.9 Å². The van der Waals surface area contributed by atoms with E-state index in [2.05, 4.69) is 30.2 Å². The van der Waals surface area contributed by atoms with E-state index >= 15 is 0 Å². The number of nitrogens with zero attached hydrogens (tertiary/aromatic N) is 6. The van der Waals surface area contributed by atoms with Gasteiger partial charge in [-0.15, -0.1) is 10.2 Å². The van der Waals surface area contributed by atoms with Crippen LogP contribution in [-0.4, -0.2) is 30.1 Å². The van der Waals surface area contributed by atoms with Crippen LogP contribution in [0.1, 0.15) is 0 Å². The van der Waals surface area contributed by atoms with Crippen molar-refractivity contribution in [2.45, 2.75) is 0 Å². The minimum absolute atomic E-state index is 0.188. The molecule has 0 radical (unpaired) electrons. The Hall–Kier alpha value is -4.20. The highest BCUT2D eigenvalue weighted by atomic mass is 16.3. The van der Waals surface area contributed by atoms with Crippen molar-refractivity contribution in [3.8, 4) is 34.3 Å². The fourth-order valence-electron chi connectivity index (χ4n) is 2.38. The predicted molar refractivity (Wildman–Crippen MR) is 102 cm³/mol. The number of rotatable bonds is 4. The third-order valence-electron chi connectivity index (χ3n) is 3.81. The summed E-state index contributed by atoms with van der Waals surface area (Å²) in [5.74, 6) is 1.43. The van der Waals surface area contributed by atoms with Gasteiger partial charge in [0.15, 0.2) is 11.6 Å². The smallest absolute Gasteiger partial charge is 0.159 e. The molecule has 4 rings (SSSR count). The minimum atomic E-state index is 0.188. The van der Waals surface area contributed by atoms with E-state index in [1.54, 1.807) is 73.3 Å². The van der Waals surface area contributed by atoms with Crippen molar-refractivity contribution in [3.05, 3.63) is 73.3 Å². The lowest BCUT2D eigenvalue weighted by Gasteiger charge is -2.01. The Morgan fingerprint density at radius 2 is 0.821 bits per heavy atom. The minimum Gasteiger partial charge on any atom is -0.508 e. The molecule has 0 aliphatic heterocycles. The number of hydrogen-bond donors (Lipinski definition) is 2. The Bertz CT molecular complexity index is 1000. The van der Waals surface area contributed by atoms with Gasteiger partial charge in [0.2, 0.25) is 0 Å². The van der Waals surface area contributed by atoms with Gasteiger partial charge in [-0.2, -0.15) is 0 Å². The van der Waals surface area contributed by atoms with E-state index in [0.717, 1.165) is 11.1 Å². The lowest BCUT2D eigenvalue weighted by atomic mass is 10.2. The molecule has 0 unspecified atom stereocenters. The van der Waals surface area contributed by atoms with Crippen LogP contribution in [0.15, 0.2) is 83.5 Å². The number of benzene rings is 2. The van der Waals surface area contributed by atoms with Crippen LogP contribution in [0.25, 0.3) is 22.8 Å². The van der Waals surface area contributed by atoms with Gasteiger partial charge in [-0.1, -0.05) is 0 Å². The maximum Gasteiger partial charge on any atom is 0.159 e. The summed E-state index contributed by atoms with van der Waals surface area (Å²) in [6.07, 6.45) is 6.24. The average molecular weight is 370 g/mol. The van der Waals surface area contributed by atoms with Gasteiger partial charge in [0.05, 0.1) is 24.8 Å². The molecule has 2 aromatic carbocycles. The van der Waals surface area contributed by atoms with E-state index in [1.165, 1.54) is 0 Å². The van der Waals surface area contributed by atoms with Gasteiger partial charge in [0, 0.05) is 11.1 Å². The number of aromatic hydroxyl groups is 2. The number of azo groups is 1. The van der Waals surface area contributed by atoms with Crippen molar-refractivity contribution in [1.82, 2.24) is 19.9 Å². The molecule has 0 amide bonds. The maximum absolute atomic E-state index is 9.33. The highest BCUT2D eigenvalue weighted by molar-refractivity contribution is 5.57.